The summed E-state index contributed by atoms with van der Waals surface area (Å²) < 4.78 is 37.9. The molecule has 6 heteroatoms. The molecule has 0 atom stereocenters. The Balaban J connectivity index is 1.44. The monoisotopic (exact) mass is 445 g/mol. The van der Waals surface area contributed by atoms with Crippen molar-refractivity contribution in [1.82, 2.24) is 4.90 Å². The van der Waals surface area contributed by atoms with Crippen molar-refractivity contribution in [3.8, 4) is 0 Å². The van der Waals surface area contributed by atoms with E-state index < -0.39 is 0 Å². The molecule has 2 aromatic carbocycles. The van der Waals surface area contributed by atoms with Gasteiger partial charge in [-0.25, -0.2) is 8.78 Å². The van der Waals surface area contributed by atoms with E-state index in [0.29, 0.717) is 25.6 Å². The largest absolute Gasteiger partial charge is 0.466 e. The molecule has 0 radical (unpaired) electrons. The van der Waals surface area contributed by atoms with Gasteiger partial charge in [-0.05, 0) is 87.0 Å². The molecule has 1 heterocycles. The van der Waals surface area contributed by atoms with Gasteiger partial charge in [0.25, 0.3) is 0 Å². The van der Waals surface area contributed by atoms with Gasteiger partial charge in [-0.3, -0.25) is 4.79 Å². The summed E-state index contributed by atoms with van der Waals surface area (Å²) >= 11 is 0. The van der Waals surface area contributed by atoms with Crippen molar-refractivity contribution in [2.45, 2.75) is 45.1 Å². The molecule has 0 unspecified atom stereocenters. The Bertz CT molecular complexity index is 772. The van der Waals surface area contributed by atoms with E-state index >= 15 is 0 Å². The Morgan fingerprint density at radius 1 is 1.00 bits per heavy atom. The minimum absolute atomic E-state index is 0.0982. The second-order valence-corrected chi connectivity index (χ2v) is 8.34. The van der Waals surface area contributed by atoms with Crippen molar-refractivity contribution < 1.29 is 23.0 Å². The van der Waals surface area contributed by atoms with Gasteiger partial charge in [-0.15, -0.1) is 0 Å². The zero-order valence-electron chi connectivity index (χ0n) is 18.8. The van der Waals surface area contributed by atoms with E-state index in [0.717, 1.165) is 56.4 Å². The van der Waals surface area contributed by atoms with Gasteiger partial charge in [-0.1, -0.05) is 24.3 Å². The van der Waals surface area contributed by atoms with Gasteiger partial charge < -0.3 is 14.4 Å². The van der Waals surface area contributed by atoms with Crippen LogP contribution in [0.3, 0.4) is 0 Å². The summed E-state index contributed by atoms with van der Waals surface area (Å²) in [4.78, 5) is 13.9. The molecule has 0 aliphatic carbocycles. The lowest BCUT2D eigenvalue weighted by atomic mass is 9.91. The first-order chi connectivity index (χ1) is 15.5. The number of esters is 1. The van der Waals surface area contributed by atoms with E-state index in [2.05, 4.69) is 4.90 Å². The average Bonchev–Trinajstić information content (AvgIpc) is 2.79. The third-order valence-corrected chi connectivity index (χ3v) is 6.04. The van der Waals surface area contributed by atoms with Gasteiger partial charge >= 0.3 is 5.97 Å². The second kappa shape index (κ2) is 12.7. The molecule has 2 aromatic rings. The van der Waals surface area contributed by atoms with Gasteiger partial charge in [0.2, 0.25) is 0 Å². The first kappa shape index (κ1) is 24.3. The van der Waals surface area contributed by atoms with E-state index in [-0.39, 0.29) is 23.7 Å². The molecule has 0 saturated carbocycles. The van der Waals surface area contributed by atoms with Crippen LogP contribution in [-0.2, 0) is 14.3 Å². The topological polar surface area (TPSA) is 38.8 Å². The predicted octanol–water partition coefficient (Wildman–Crippen LogP) is 5.52. The van der Waals surface area contributed by atoms with Crippen LogP contribution in [-0.4, -0.2) is 43.7 Å². The lowest BCUT2D eigenvalue weighted by molar-refractivity contribution is -0.143. The maximum Gasteiger partial charge on any atom is 0.305 e. The first-order valence-corrected chi connectivity index (χ1v) is 11.6. The van der Waals surface area contributed by atoms with E-state index in [9.17, 15) is 13.6 Å². The van der Waals surface area contributed by atoms with E-state index in [1.807, 2.05) is 6.92 Å². The molecular weight excluding hydrogens is 412 g/mol. The van der Waals surface area contributed by atoms with Gasteiger partial charge in [0.15, 0.2) is 0 Å². The maximum atomic E-state index is 13.4. The minimum atomic E-state index is -0.364. The average molecular weight is 446 g/mol. The number of piperidine rings is 1. The smallest absolute Gasteiger partial charge is 0.305 e. The lowest BCUT2D eigenvalue weighted by Crippen LogP contribution is -2.36. The number of hydrogen-bond acceptors (Lipinski definition) is 4. The predicted molar refractivity (Wildman–Crippen MR) is 120 cm³/mol. The normalized spacial score (nSPS) is 15.2. The number of nitrogens with zero attached hydrogens (tertiary/aromatic N) is 1. The number of likely N-dealkylation sites (tertiary alicyclic amines) is 1. The summed E-state index contributed by atoms with van der Waals surface area (Å²) in [7, 11) is 0. The van der Waals surface area contributed by atoms with Crippen molar-refractivity contribution in [2.75, 3.05) is 32.8 Å². The van der Waals surface area contributed by atoms with Crippen molar-refractivity contribution >= 4 is 5.97 Å². The number of carbonyl (C=O) groups excluding carboxylic acids is 1. The number of benzene rings is 2. The Hall–Kier alpha value is -2.31. The summed E-state index contributed by atoms with van der Waals surface area (Å²) in [5.41, 5.74) is 1.69. The summed E-state index contributed by atoms with van der Waals surface area (Å²) in [5.74, 6) is -0.0276. The minimum Gasteiger partial charge on any atom is -0.466 e. The zero-order valence-corrected chi connectivity index (χ0v) is 18.8. The third-order valence-electron chi connectivity index (χ3n) is 6.04. The number of hydrogen-bond donors (Lipinski definition) is 0. The van der Waals surface area contributed by atoms with Crippen LogP contribution >= 0.6 is 0 Å². The summed E-state index contributed by atoms with van der Waals surface area (Å²) in [6.45, 7) is 5.67. The van der Waals surface area contributed by atoms with Crippen LogP contribution in [0.25, 0.3) is 0 Å². The van der Waals surface area contributed by atoms with Gasteiger partial charge in [-0.2, -0.15) is 0 Å². The summed E-state index contributed by atoms with van der Waals surface area (Å²) in [5, 5.41) is 0. The Labute approximate surface area is 189 Å². The molecule has 0 amide bonds. The molecule has 4 nitrogen and oxygen atoms in total. The molecule has 0 N–H and O–H groups in total. The molecule has 0 bridgehead atoms. The summed E-state index contributed by atoms with van der Waals surface area (Å²) in [6.07, 6.45) is 4.36. The Kier molecular flexibility index (Phi) is 9.62. The van der Waals surface area contributed by atoms with Crippen molar-refractivity contribution in [3.63, 3.8) is 0 Å². The first-order valence-electron chi connectivity index (χ1n) is 11.6. The molecular formula is C26H33F2NO3. The highest BCUT2D eigenvalue weighted by molar-refractivity contribution is 5.69. The summed E-state index contributed by atoms with van der Waals surface area (Å²) in [6, 6.07) is 12.5. The molecule has 3 rings (SSSR count). The quantitative estimate of drug-likeness (QED) is 0.427. The Morgan fingerprint density at radius 2 is 1.56 bits per heavy atom. The number of carbonyl (C=O) groups is 1. The van der Waals surface area contributed by atoms with Crippen LogP contribution in [0.4, 0.5) is 8.78 Å². The van der Waals surface area contributed by atoms with Gasteiger partial charge in [0, 0.05) is 13.0 Å². The van der Waals surface area contributed by atoms with Gasteiger partial charge in [0.05, 0.1) is 13.2 Å². The molecule has 174 valence electrons. The van der Waals surface area contributed by atoms with E-state index in [4.69, 9.17) is 9.47 Å². The fraction of sp³-hybridized carbons (Fsp3) is 0.500. The highest BCUT2D eigenvalue weighted by Gasteiger charge is 2.20. The van der Waals surface area contributed by atoms with E-state index in [1.54, 1.807) is 24.3 Å². The molecule has 1 aliphatic rings. The SMILES string of the molecule is CCOC(=O)CCCC1CCN(CCOC(c2ccc(F)cc2)c2ccc(F)cc2)CC1. The number of rotatable bonds is 11. The van der Waals surface area contributed by atoms with Crippen molar-refractivity contribution in [1.29, 1.82) is 0 Å². The number of halogens is 2. The third kappa shape index (κ3) is 7.68. The number of ether oxygens (including phenoxy) is 2. The van der Waals surface area contributed by atoms with Crippen LogP contribution < -0.4 is 0 Å². The molecule has 1 aliphatic heterocycles. The Morgan fingerprint density at radius 3 is 2.09 bits per heavy atom. The van der Waals surface area contributed by atoms with Crippen LogP contribution in [0, 0.1) is 17.6 Å². The molecule has 1 saturated heterocycles. The fourth-order valence-electron chi connectivity index (χ4n) is 4.23. The lowest BCUT2D eigenvalue weighted by Gasteiger charge is -2.32. The van der Waals surface area contributed by atoms with Crippen LogP contribution in [0.5, 0.6) is 0 Å². The van der Waals surface area contributed by atoms with Crippen LogP contribution in [0.2, 0.25) is 0 Å². The zero-order chi connectivity index (χ0) is 22.8. The standard InChI is InChI=1S/C26H33F2NO3/c1-2-31-25(30)5-3-4-20-14-16-29(17-15-20)18-19-32-26(21-6-10-23(27)11-7-21)22-8-12-24(28)13-9-22/h6-13,20,26H,2-5,14-19H2,1H3. The maximum absolute atomic E-state index is 13.4. The van der Waals surface area contributed by atoms with Crippen LogP contribution in [0.15, 0.2) is 48.5 Å². The highest BCUT2D eigenvalue weighted by atomic mass is 19.1. The fourth-order valence-corrected chi connectivity index (χ4v) is 4.23. The molecule has 32 heavy (non-hydrogen) atoms. The van der Waals surface area contributed by atoms with Gasteiger partial charge in [0.1, 0.15) is 17.7 Å². The van der Waals surface area contributed by atoms with E-state index in [1.165, 1.54) is 24.3 Å². The second-order valence-electron chi connectivity index (χ2n) is 8.34. The molecule has 1 fully saturated rings. The van der Waals surface area contributed by atoms with Crippen molar-refractivity contribution in [2.24, 2.45) is 5.92 Å². The highest BCUT2D eigenvalue weighted by Crippen LogP contribution is 2.27. The van der Waals surface area contributed by atoms with Crippen LogP contribution in [0.1, 0.15) is 56.3 Å². The molecule has 0 spiro atoms. The van der Waals surface area contributed by atoms with Crippen molar-refractivity contribution in [3.05, 3.63) is 71.3 Å². The molecule has 0 aromatic heterocycles.